The number of carbonyl (C=O) groups is 1. The second-order valence-electron chi connectivity index (χ2n) is 4.05. The summed E-state index contributed by atoms with van der Waals surface area (Å²) in [5.74, 6) is -0.288. The largest absolute Gasteiger partial charge is 0.469 e. The Bertz CT molecular complexity index is 351. The van der Waals surface area contributed by atoms with Crippen LogP contribution in [0.2, 0.25) is 0 Å². The highest BCUT2D eigenvalue weighted by Crippen LogP contribution is 2.21. The van der Waals surface area contributed by atoms with E-state index in [0.29, 0.717) is 6.42 Å². The second kappa shape index (κ2) is 5.66. The molecule has 0 saturated heterocycles. The standard InChI is InChI=1S/C13H18O3/c1-9-6-10(2)8-11(7-9)12(14)4-5-13(15)16-3/h6-8,12,14H,4-5H2,1-3H3. The molecule has 0 aliphatic rings. The molecular weight excluding hydrogens is 204 g/mol. The Labute approximate surface area is 96.1 Å². The van der Waals surface area contributed by atoms with Gasteiger partial charge in [-0.1, -0.05) is 29.3 Å². The molecule has 0 radical (unpaired) electrons. The minimum atomic E-state index is -0.599. The van der Waals surface area contributed by atoms with Gasteiger partial charge in [-0.25, -0.2) is 0 Å². The van der Waals surface area contributed by atoms with Gasteiger partial charge in [-0.15, -0.1) is 0 Å². The fraction of sp³-hybridized carbons (Fsp3) is 0.462. The van der Waals surface area contributed by atoms with Gasteiger partial charge < -0.3 is 9.84 Å². The molecule has 0 heterocycles. The summed E-state index contributed by atoms with van der Waals surface area (Å²) >= 11 is 0. The molecule has 1 rings (SSSR count). The molecule has 1 aromatic rings. The average molecular weight is 222 g/mol. The summed E-state index contributed by atoms with van der Waals surface area (Å²) in [7, 11) is 1.35. The van der Waals surface area contributed by atoms with Crippen molar-refractivity contribution in [3.63, 3.8) is 0 Å². The first-order valence-corrected chi connectivity index (χ1v) is 5.36. The van der Waals surface area contributed by atoms with Crippen molar-refractivity contribution in [2.75, 3.05) is 7.11 Å². The van der Waals surface area contributed by atoms with Crippen LogP contribution in [0.4, 0.5) is 0 Å². The molecule has 16 heavy (non-hydrogen) atoms. The molecule has 88 valence electrons. The van der Waals surface area contributed by atoms with Crippen LogP contribution >= 0.6 is 0 Å². The Morgan fingerprint density at radius 1 is 1.31 bits per heavy atom. The quantitative estimate of drug-likeness (QED) is 0.795. The highest BCUT2D eigenvalue weighted by Gasteiger charge is 2.11. The van der Waals surface area contributed by atoms with E-state index in [9.17, 15) is 9.90 Å². The van der Waals surface area contributed by atoms with Crippen molar-refractivity contribution < 1.29 is 14.6 Å². The summed E-state index contributed by atoms with van der Waals surface area (Å²) < 4.78 is 4.53. The van der Waals surface area contributed by atoms with Crippen molar-refractivity contribution in [1.29, 1.82) is 0 Å². The van der Waals surface area contributed by atoms with E-state index in [1.807, 2.05) is 26.0 Å². The molecule has 0 spiro atoms. The number of aliphatic hydroxyl groups is 1. The fourth-order valence-electron chi connectivity index (χ4n) is 1.73. The Hall–Kier alpha value is -1.35. The lowest BCUT2D eigenvalue weighted by molar-refractivity contribution is -0.141. The smallest absolute Gasteiger partial charge is 0.305 e. The number of aryl methyl sites for hydroxylation is 2. The molecule has 1 atom stereocenters. The van der Waals surface area contributed by atoms with Gasteiger partial charge in [0, 0.05) is 6.42 Å². The molecule has 1 aromatic carbocycles. The van der Waals surface area contributed by atoms with E-state index in [2.05, 4.69) is 10.8 Å². The van der Waals surface area contributed by atoms with E-state index >= 15 is 0 Å². The molecule has 1 unspecified atom stereocenters. The lowest BCUT2D eigenvalue weighted by atomic mass is 10.0. The van der Waals surface area contributed by atoms with E-state index in [4.69, 9.17) is 0 Å². The summed E-state index contributed by atoms with van der Waals surface area (Å²) in [6, 6.07) is 5.93. The molecule has 0 aromatic heterocycles. The molecule has 0 aliphatic heterocycles. The number of hydrogen-bond acceptors (Lipinski definition) is 3. The maximum Gasteiger partial charge on any atom is 0.305 e. The van der Waals surface area contributed by atoms with Gasteiger partial charge in [-0.2, -0.15) is 0 Å². The predicted octanol–water partition coefficient (Wildman–Crippen LogP) is 2.29. The van der Waals surface area contributed by atoms with Gasteiger partial charge in [0.15, 0.2) is 0 Å². The van der Waals surface area contributed by atoms with Gasteiger partial charge in [-0.05, 0) is 25.8 Å². The van der Waals surface area contributed by atoms with Crippen molar-refractivity contribution in [2.24, 2.45) is 0 Å². The van der Waals surface area contributed by atoms with Gasteiger partial charge >= 0.3 is 5.97 Å². The monoisotopic (exact) mass is 222 g/mol. The zero-order valence-electron chi connectivity index (χ0n) is 9.99. The minimum absolute atomic E-state index is 0.241. The molecule has 1 N–H and O–H groups in total. The maximum absolute atomic E-state index is 10.9. The van der Waals surface area contributed by atoms with Gasteiger partial charge in [0.25, 0.3) is 0 Å². The third-order valence-corrected chi connectivity index (χ3v) is 2.48. The molecular formula is C13H18O3. The van der Waals surface area contributed by atoms with E-state index in [-0.39, 0.29) is 12.4 Å². The number of hydrogen-bond donors (Lipinski definition) is 1. The summed E-state index contributed by atoms with van der Waals surface area (Å²) in [6.07, 6.45) is 0.0398. The lowest BCUT2D eigenvalue weighted by Crippen LogP contribution is -2.05. The van der Waals surface area contributed by atoms with E-state index in [1.165, 1.54) is 7.11 Å². The van der Waals surface area contributed by atoms with Crippen LogP contribution in [0.15, 0.2) is 18.2 Å². The normalized spacial score (nSPS) is 12.2. The van der Waals surface area contributed by atoms with Crippen LogP contribution < -0.4 is 0 Å². The zero-order valence-corrected chi connectivity index (χ0v) is 9.99. The van der Waals surface area contributed by atoms with Crippen molar-refractivity contribution in [3.05, 3.63) is 34.9 Å². The summed E-state index contributed by atoms with van der Waals surface area (Å²) in [5.41, 5.74) is 3.10. The number of ether oxygens (including phenoxy) is 1. The third kappa shape index (κ3) is 3.66. The van der Waals surface area contributed by atoms with Crippen molar-refractivity contribution >= 4 is 5.97 Å². The topological polar surface area (TPSA) is 46.5 Å². The van der Waals surface area contributed by atoms with Crippen LogP contribution in [0.25, 0.3) is 0 Å². The van der Waals surface area contributed by atoms with Crippen molar-refractivity contribution in [3.8, 4) is 0 Å². The minimum Gasteiger partial charge on any atom is -0.469 e. The van der Waals surface area contributed by atoms with E-state index in [1.54, 1.807) is 0 Å². The molecule has 3 nitrogen and oxygen atoms in total. The van der Waals surface area contributed by atoms with Crippen LogP contribution in [0, 0.1) is 13.8 Å². The summed E-state index contributed by atoms with van der Waals surface area (Å²) in [4.78, 5) is 10.9. The summed E-state index contributed by atoms with van der Waals surface area (Å²) in [6.45, 7) is 3.98. The fourth-order valence-corrected chi connectivity index (χ4v) is 1.73. The van der Waals surface area contributed by atoms with Crippen LogP contribution in [-0.4, -0.2) is 18.2 Å². The first-order valence-electron chi connectivity index (χ1n) is 5.36. The Kier molecular flexibility index (Phi) is 4.50. The van der Waals surface area contributed by atoms with Crippen LogP contribution in [0.5, 0.6) is 0 Å². The Balaban J connectivity index is 2.65. The van der Waals surface area contributed by atoms with Crippen LogP contribution in [-0.2, 0) is 9.53 Å². The van der Waals surface area contributed by atoms with Crippen LogP contribution in [0.3, 0.4) is 0 Å². The number of rotatable bonds is 4. The van der Waals surface area contributed by atoms with Gasteiger partial charge in [0.1, 0.15) is 0 Å². The number of methoxy groups -OCH3 is 1. The highest BCUT2D eigenvalue weighted by atomic mass is 16.5. The Morgan fingerprint density at radius 2 is 1.88 bits per heavy atom. The summed E-state index contributed by atoms with van der Waals surface area (Å²) in [5, 5.41) is 9.91. The van der Waals surface area contributed by atoms with E-state index < -0.39 is 6.10 Å². The van der Waals surface area contributed by atoms with Crippen molar-refractivity contribution in [1.82, 2.24) is 0 Å². The predicted molar refractivity (Wildman–Crippen MR) is 62.1 cm³/mol. The van der Waals surface area contributed by atoms with Gasteiger partial charge in [0.2, 0.25) is 0 Å². The molecule has 0 saturated carbocycles. The number of aliphatic hydroxyl groups excluding tert-OH is 1. The van der Waals surface area contributed by atoms with Gasteiger partial charge in [-0.3, -0.25) is 4.79 Å². The first-order chi connectivity index (χ1) is 7.52. The molecule has 0 bridgehead atoms. The average Bonchev–Trinajstić information content (AvgIpc) is 2.23. The van der Waals surface area contributed by atoms with E-state index in [0.717, 1.165) is 16.7 Å². The molecule has 0 fully saturated rings. The highest BCUT2D eigenvalue weighted by molar-refractivity contribution is 5.69. The third-order valence-electron chi connectivity index (χ3n) is 2.48. The van der Waals surface area contributed by atoms with Gasteiger partial charge in [0.05, 0.1) is 13.2 Å². The molecule has 3 heteroatoms. The molecule has 0 aliphatic carbocycles. The SMILES string of the molecule is COC(=O)CCC(O)c1cc(C)cc(C)c1. The molecule has 0 amide bonds. The lowest BCUT2D eigenvalue weighted by Gasteiger charge is -2.12. The second-order valence-corrected chi connectivity index (χ2v) is 4.05. The first kappa shape index (κ1) is 12.7. The van der Waals surface area contributed by atoms with Crippen molar-refractivity contribution in [2.45, 2.75) is 32.8 Å². The number of benzene rings is 1. The Morgan fingerprint density at radius 3 is 2.38 bits per heavy atom. The van der Waals surface area contributed by atoms with Crippen LogP contribution in [0.1, 0.15) is 35.6 Å². The number of esters is 1. The zero-order chi connectivity index (χ0) is 12.1. The number of carbonyl (C=O) groups excluding carboxylic acids is 1. The maximum atomic E-state index is 10.9.